The maximum atomic E-state index is 6.34. The number of nitrogens with two attached hydrogens (primary N) is 1. The van der Waals surface area contributed by atoms with E-state index in [2.05, 4.69) is 50.0 Å². The summed E-state index contributed by atoms with van der Waals surface area (Å²) in [7, 11) is 0. The lowest BCUT2D eigenvalue weighted by Crippen LogP contribution is -2.25. The predicted molar refractivity (Wildman–Crippen MR) is 87.0 cm³/mol. The van der Waals surface area contributed by atoms with Crippen LogP contribution in [-0.2, 0) is 0 Å². The van der Waals surface area contributed by atoms with Crippen LogP contribution >= 0.6 is 11.8 Å². The average Bonchev–Trinajstić information content (AvgIpc) is 2.48. The fourth-order valence-corrected chi connectivity index (χ4v) is 3.56. The van der Waals surface area contributed by atoms with Crippen molar-refractivity contribution in [2.75, 3.05) is 0 Å². The SMILES string of the molecule is CCC(N)C(Sc1cc(C)ccc1C)c1cccnc1. The van der Waals surface area contributed by atoms with Gasteiger partial charge in [-0.05, 0) is 43.5 Å². The number of aryl methyl sites for hydroxylation is 2. The lowest BCUT2D eigenvalue weighted by Gasteiger charge is -2.23. The molecule has 0 aliphatic heterocycles. The van der Waals surface area contributed by atoms with E-state index in [4.69, 9.17) is 5.73 Å². The van der Waals surface area contributed by atoms with Crippen molar-refractivity contribution in [1.29, 1.82) is 0 Å². The van der Waals surface area contributed by atoms with Crippen molar-refractivity contribution in [2.24, 2.45) is 5.73 Å². The summed E-state index contributed by atoms with van der Waals surface area (Å²) in [5.41, 5.74) is 10.1. The number of hydrogen-bond donors (Lipinski definition) is 1. The van der Waals surface area contributed by atoms with Gasteiger partial charge >= 0.3 is 0 Å². The van der Waals surface area contributed by atoms with Gasteiger partial charge in [0.2, 0.25) is 0 Å². The summed E-state index contributed by atoms with van der Waals surface area (Å²) in [5.74, 6) is 0. The van der Waals surface area contributed by atoms with E-state index in [1.165, 1.54) is 21.6 Å². The molecule has 1 heterocycles. The van der Waals surface area contributed by atoms with Gasteiger partial charge in [0.25, 0.3) is 0 Å². The van der Waals surface area contributed by atoms with Gasteiger partial charge in [-0.15, -0.1) is 11.8 Å². The maximum Gasteiger partial charge on any atom is 0.0510 e. The zero-order chi connectivity index (χ0) is 14.5. The van der Waals surface area contributed by atoms with Crippen molar-refractivity contribution in [3.8, 4) is 0 Å². The zero-order valence-electron chi connectivity index (χ0n) is 12.3. The number of pyridine rings is 1. The van der Waals surface area contributed by atoms with E-state index in [1.54, 1.807) is 6.20 Å². The van der Waals surface area contributed by atoms with Crippen LogP contribution in [0.15, 0.2) is 47.6 Å². The number of thioether (sulfide) groups is 1. The first-order chi connectivity index (χ1) is 9.61. The summed E-state index contributed by atoms with van der Waals surface area (Å²) in [6, 6.07) is 10.8. The van der Waals surface area contributed by atoms with E-state index in [9.17, 15) is 0 Å². The van der Waals surface area contributed by atoms with Crippen LogP contribution in [0.1, 0.15) is 35.3 Å². The second-order valence-electron chi connectivity index (χ2n) is 5.17. The monoisotopic (exact) mass is 286 g/mol. The number of nitrogens with zero attached hydrogens (tertiary/aromatic N) is 1. The van der Waals surface area contributed by atoms with Gasteiger partial charge in [0.15, 0.2) is 0 Å². The minimum atomic E-state index is 0.129. The molecule has 0 aliphatic carbocycles. The molecule has 106 valence electrons. The van der Waals surface area contributed by atoms with E-state index >= 15 is 0 Å². The van der Waals surface area contributed by atoms with Crippen LogP contribution in [-0.4, -0.2) is 11.0 Å². The molecule has 0 radical (unpaired) electrons. The minimum Gasteiger partial charge on any atom is -0.326 e. The normalized spacial score (nSPS) is 14.0. The minimum absolute atomic E-state index is 0.129. The van der Waals surface area contributed by atoms with Crippen LogP contribution in [0.5, 0.6) is 0 Å². The van der Waals surface area contributed by atoms with Gasteiger partial charge in [-0.25, -0.2) is 0 Å². The third-order valence-electron chi connectivity index (χ3n) is 3.47. The Bertz CT molecular complexity index is 554. The molecule has 3 heteroatoms. The summed E-state index contributed by atoms with van der Waals surface area (Å²) >= 11 is 1.85. The topological polar surface area (TPSA) is 38.9 Å². The predicted octanol–water partition coefficient (Wildman–Crippen LogP) is 4.27. The van der Waals surface area contributed by atoms with Crippen LogP contribution < -0.4 is 5.73 Å². The highest BCUT2D eigenvalue weighted by Gasteiger charge is 2.20. The molecule has 2 nitrogen and oxygen atoms in total. The van der Waals surface area contributed by atoms with Crippen molar-refractivity contribution < 1.29 is 0 Å². The average molecular weight is 286 g/mol. The van der Waals surface area contributed by atoms with Gasteiger partial charge in [0.05, 0.1) is 5.25 Å². The molecule has 2 atom stereocenters. The van der Waals surface area contributed by atoms with Crippen LogP contribution in [0.25, 0.3) is 0 Å². The molecule has 2 aromatic rings. The van der Waals surface area contributed by atoms with Gasteiger partial charge in [-0.2, -0.15) is 0 Å². The maximum absolute atomic E-state index is 6.34. The number of hydrogen-bond acceptors (Lipinski definition) is 3. The van der Waals surface area contributed by atoms with Gasteiger partial charge in [0, 0.05) is 23.3 Å². The van der Waals surface area contributed by atoms with E-state index < -0.39 is 0 Å². The Morgan fingerprint density at radius 1 is 1.25 bits per heavy atom. The highest BCUT2D eigenvalue weighted by atomic mass is 32.2. The Balaban J connectivity index is 2.31. The van der Waals surface area contributed by atoms with E-state index in [-0.39, 0.29) is 11.3 Å². The largest absolute Gasteiger partial charge is 0.326 e. The van der Waals surface area contributed by atoms with Crippen LogP contribution in [0.4, 0.5) is 0 Å². The molecular formula is C17H22N2S. The standard InChI is InChI=1S/C17H22N2S/c1-4-15(18)17(14-6-5-9-19-11-14)20-16-10-12(2)7-8-13(16)3/h5-11,15,17H,4,18H2,1-3H3. The molecule has 1 aromatic carbocycles. The third kappa shape index (κ3) is 3.62. The van der Waals surface area contributed by atoms with Crippen LogP contribution in [0, 0.1) is 13.8 Å². The van der Waals surface area contributed by atoms with Crippen LogP contribution in [0.2, 0.25) is 0 Å². The number of aromatic nitrogens is 1. The van der Waals surface area contributed by atoms with Crippen molar-refractivity contribution in [2.45, 2.75) is 43.4 Å². The Hall–Kier alpha value is -1.32. The second-order valence-corrected chi connectivity index (χ2v) is 6.35. The quantitative estimate of drug-likeness (QED) is 0.834. The molecule has 0 fully saturated rings. The number of rotatable bonds is 5. The molecule has 2 rings (SSSR count). The highest BCUT2D eigenvalue weighted by Crippen LogP contribution is 2.39. The molecule has 2 unspecified atom stereocenters. The summed E-state index contributed by atoms with van der Waals surface area (Å²) in [6.45, 7) is 6.42. The van der Waals surface area contributed by atoms with Gasteiger partial charge in [0.1, 0.15) is 0 Å². The van der Waals surface area contributed by atoms with E-state index in [0.717, 1.165) is 6.42 Å². The van der Waals surface area contributed by atoms with Crippen molar-refractivity contribution >= 4 is 11.8 Å². The molecule has 0 amide bonds. The Morgan fingerprint density at radius 3 is 2.70 bits per heavy atom. The van der Waals surface area contributed by atoms with Crippen molar-refractivity contribution in [3.63, 3.8) is 0 Å². The van der Waals surface area contributed by atoms with Crippen LogP contribution in [0.3, 0.4) is 0 Å². The third-order valence-corrected chi connectivity index (χ3v) is 5.04. The Morgan fingerprint density at radius 2 is 2.05 bits per heavy atom. The molecule has 1 aromatic heterocycles. The lowest BCUT2D eigenvalue weighted by molar-refractivity contribution is 0.633. The summed E-state index contributed by atoms with van der Waals surface area (Å²) in [6.07, 6.45) is 4.69. The molecule has 0 saturated heterocycles. The smallest absolute Gasteiger partial charge is 0.0510 e. The first kappa shape index (κ1) is 15.1. The second kappa shape index (κ2) is 6.91. The van der Waals surface area contributed by atoms with Crippen molar-refractivity contribution in [3.05, 3.63) is 59.4 Å². The van der Waals surface area contributed by atoms with E-state index in [1.807, 2.05) is 24.0 Å². The molecule has 0 spiro atoms. The summed E-state index contributed by atoms with van der Waals surface area (Å²) in [5, 5.41) is 0.245. The summed E-state index contributed by atoms with van der Waals surface area (Å²) < 4.78 is 0. The fourth-order valence-electron chi connectivity index (χ4n) is 2.13. The Kier molecular flexibility index (Phi) is 5.21. The highest BCUT2D eigenvalue weighted by molar-refractivity contribution is 7.99. The molecule has 20 heavy (non-hydrogen) atoms. The first-order valence-corrected chi connectivity index (χ1v) is 7.89. The zero-order valence-corrected chi connectivity index (χ0v) is 13.2. The van der Waals surface area contributed by atoms with Gasteiger partial charge in [-0.3, -0.25) is 4.98 Å². The van der Waals surface area contributed by atoms with Gasteiger partial charge in [-0.1, -0.05) is 30.7 Å². The fraction of sp³-hybridized carbons (Fsp3) is 0.353. The number of benzene rings is 1. The van der Waals surface area contributed by atoms with E-state index in [0.29, 0.717) is 0 Å². The molecule has 2 N–H and O–H groups in total. The van der Waals surface area contributed by atoms with Gasteiger partial charge < -0.3 is 5.73 Å². The Labute approximate surface area is 125 Å². The molecule has 0 aliphatic rings. The van der Waals surface area contributed by atoms with Crippen molar-refractivity contribution in [1.82, 2.24) is 4.98 Å². The molecule has 0 bridgehead atoms. The molecule has 0 saturated carbocycles. The first-order valence-electron chi connectivity index (χ1n) is 7.01. The molecular weight excluding hydrogens is 264 g/mol. The lowest BCUT2D eigenvalue weighted by atomic mass is 10.1. The summed E-state index contributed by atoms with van der Waals surface area (Å²) in [4.78, 5) is 5.54.